The number of carbonyl (C=O) groups excluding carboxylic acids is 1. The number of aromatic nitrogens is 2. The summed E-state index contributed by atoms with van der Waals surface area (Å²) < 4.78 is 10.1. The van der Waals surface area contributed by atoms with Gasteiger partial charge in [-0.3, -0.25) is 19.7 Å². The molecule has 1 aliphatic heterocycles. The normalized spacial score (nSPS) is 14.9. The lowest BCUT2D eigenvalue weighted by Gasteiger charge is -2.26. The maximum atomic E-state index is 11.8. The number of nitro groups is 1. The number of hydrogen-bond acceptors (Lipinski definition) is 7. The van der Waals surface area contributed by atoms with E-state index in [0.29, 0.717) is 26.3 Å². The Morgan fingerprint density at radius 2 is 2.25 bits per heavy atom. The Hall–Kier alpha value is -2.49. The molecule has 10 nitrogen and oxygen atoms in total. The van der Waals surface area contributed by atoms with Crippen LogP contribution >= 0.6 is 0 Å². The Kier molecular flexibility index (Phi) is 4.25. The second kappa shape index (κ2) is 6.10. The lowest BCUT2D eigenvalue weighted by Crippen LogP contribution is -2.43. The van der Waals surface area contributed by atoms with Gasteiger partial charge in [-0.05, 0) is 0 Å². The molecule has 0 atom stereocenters. The van der Waals surface area contributed by atoms with Crippen molar-refractivity contribution < 1.29 is 19.2 Å². The van der Waals surface area contributed by atoms with Crippen molar-refractivity contribution in [3.63, 3.8) is 0 Å². The van der Waals surface area contributed by atoms with Gasteiger partial charge in [0.2, 0.25) is 0 Å². The van der Waals surface area contributed by atoms with E-state index in [-0.39, 0.29) is 5.91 Å². The van der Waals surface area contributed by atoms with Crippen molar-refractivity contribution in [1.29, 1.82) is 0 Å². The molecule has 10 heteroatoms. The molecule has 0 aliphatic carbocycles. The fourth-order valence-corrected chi connectivity index (χ4v) is 1.68. The van der Waals surface area contributed by atoms with Crippen molar-refractivity contribution in [2.24, 2.45) is 0 Å². The van der Waals surface area contributed by atoms with Crippen LogP contribution in [0.1, 0.15) is 0 Å². The van der Waals surface area contributed by atoms with Gasteiger partial charge in [-0.15, -0.1) is 0 Å². The number of nitrogens with one attached hydrogen (secondary N) is 1. The summed E-state index contributed by atoms with van der Waals surface area (Å²) in [4.78, 5) is 40.1. The fraction of sp³-hybridized carbons (Fsp3) is 0.500. The van der Waals surface area contributed by atoms with E-state index in [1.54, 1.807) is 0 Å². The molecule has 1 fully saturated rings. The van der Waals surface area contributed by atoms with Crippen LogP contribution in [-0.2, 0) is 9.53 Å². The number of hydrogen-bond donors (Lipinski definition) is 1. The van der Waals surface area contributed by atoms with E-state index >= 15 is 0 Å². The molecule has 0 saturated carbocycles. The Bertz CT molecular complexity index is 565. The molecule has 0 bridgehead atoms. The molecular weight excluding hydrogens is 272 g/mol. The average molecular weight is 284 g/mol. The number of amides is 1. The van der Waals surface area contributed by atoms with Gasteiger partial charge in [-0.2, -0.15) is 4.98 Å². The minimum atomic E-state index is -0.932. The molecule has 1 aliphatic rings. The minimum absolute atomic E-state index is 0.343. The molecule has 2 rings (SSSR count). The van der Waals surface area contributed by atoms with Crippen LogP contribution in [0, 0.1) is 10.1 Å². The number of nitrogens with zero attached hydrogens (tertiary/aromatic N) is 3. The van der Waals surface area contributed by atoms with Gasteiger partial charge < -0.3 is 19.4 Å². The highest BCUT2D eigenvalue weighted by Crippen LogP contribution is 2.17. The van der Waals surface area contributed by atoms with Crippen LogP contribution < -0.4 is 10.3 Å². The number of aromatic amines is 1. The Morgan fingerprint density at radius 3 is 2.90 bits per heavy atom. The van der Waals surface area contributed by atoms with E-state index in [1.807, 2.05) is 0 Å². The molecule has 108 valence electrons. The van der Waals surface area contributed by atoms with Crippen LogP contribution in [0.3, 0.4) is 0 Å². The van der Waals surface area contributed by atoms with Crippen molar-refractivity contribution in [2.75, 3.05) is 32.9 Å². The van der Waals surface area contributed by atoms with Crippen LogP contribution in [0.15, 0.2) is 11.1 Å². The van der Waals surface area contributed by atoms with Crippen LogP contribution in [-0.4, -0.2) is 58.6 Å². The molecule has 1 amide bonds. The summed E-state index contributed by atoms with van der Waals surface area (Å²) >= 11 is 0. The Labute approximate surface area is 112 Å². The highest BCUT2D eigenvalue weighted by atomic mass is 16.6. The third-order valence-electron chi connectivity index (χ3n) is 2.67. The third kappa shape index (κ3) is 3.09. The molecule has 0 aromatic carbocycles. The summed E-state index contributed by atoms with van der Waals surface area (Å²) in [7, 11) is 0. The topological polar surface area (TPSA) is 128 Å². The first kappa shape index (κ1) is 13.9. The molecule has 0 radical (unpaired) electrons. The monoisotopic (exact) mass is 284 g/mol. The van der Waals surface area contributed by atoms with E-state index < -0.39 is 28.7 Å². The van der Waals surface area contributed by atoms with E-state index in [1.165, 1.54) is 4.90 Å². The maximum absolute atomic E-state index is 11.8. The number of H-pyrrole nitrogens is 1. The van der Waals surface area contributed by atoms with Crippen LogP contribution in [0.4, 0.5) is 5.69 Å². The predicted molar refractivity (Wildman–Crippen MR) is 64.4 cm³/mol. The van der Waals surface area contributed by atoms with Gasteiger partial charge in [0.1, 0.15) is 0 Å². The number of morpholine rings is 1. The van der Waals surface area contributed by atoms with Crippen molar-refractivity contribution in [3.8, 4) is 5.88 Å². The molecule has 1 aromatic heterocycles. The molecule has 20 heavy (non-hydrogen) atoms. The maximum Gasteiger partial charge on any atom is 0.395 e. The lowest BCUT2D eigenvalue weighted by atomic mass is 10.4. The first-order valence-electron chi connectivity index (χ1n) is 5.80. The van der Waals surface area contributed by atoms with Crippen LogP contribution in [0.25, 0.3) is 0 Å². The predicted octanol–water partition coefficient (Wildman–Crippen LogP) is -1.08. The lowest BCUT2D eigenvalue weighted by molar-refractivity contribution is -0.387. The van der Waals surface area contributed by atoms with Gasteiger partial charge >= 0.3 is 17.1 Å². The fourth-order valence-electron chi connectivity index (χ4n) is 1.68. The minimum Gasteiger partial charge on any atom is -0.463 e. The second-order valence-electron chi connectivity index (χ2n) is 3.92. The first-order chi connectivity index (χ1) is 9.59. The SMILES string of the molecule is O=C(COc1nc[nH]c(=O)c1[N+](=O)[O-])N1CCOCC1. The summed E-state index contributed by atoms with van der Waals surface area (Å²) in [6.45, 7) is 1.34. The van der Waals surface area contributed by atoms with Crippen LogP contribution in [0.5, 0.6) is 5.88 Å². The molecule has 1 aromatic rings. The standard InChI is InChI=1S/C10H12N4O6/c15-7(13-1-3-19-4-2-13)5-20-10-8(14(17)18)9(16)11-6-12-10/h6H,1-5H2,(H,11,12,16). The average Bonchev–Trinajstić information content (AvgIpc) is 2.45. The van der Waals surface area contributed by atoms with Crippen molar-refractivity contribution in [2.45, 2.75) is 0 Å². The Balaban J connectivity index is 2.03. The van der Waals surface area contributed by atoms with E-state index in [4.69, 9.17) is 9.47 Å². The van der Waals surface area contributed by atoms with Gasteiger partial charge in [0.25, 0.3) is 5.91 Å². The molecule has 0 spiro atoms. The third-order valence-corrected chi connectivity index (χ3v) is 2.67. The highest BCUT2D eigenvalue weighted by Gasteiger charge is 2.24. The second-order valence-corrected chi connectivity index (χ2v) is 3.92. The Morgan fingerprint density at radius 1 is 1.55 bits per heavy atom. The summed E-state index contributed by atoms with van der Waals surface area (Å²) in [6, 6.07) is 0. The van der Waals surface area contributed by atoms with Gasteiger partial charge in [0, 0.05) is 13.1 Å². The zero-order valence-corrected chi connectivity index (χ0v) is 10.4. The molecular formula is C10H12N4O6. The highest BCUT2D eigenvalue weighted by molar-refractivity contribution is 5.77. The number of rotatable bonds is 4. The van der Waals surface area contributed by atoms with E-state index in [2.05, 4.69) is 9.97 Å². The van der Waals surface area contributed by atoms with Crippen molar-refractivity contribution in [3.05, 3.63) is 26.8 Å². The van der Waals surface area contributed by atoms with Crippen molar-refractivity contribution >= 4 is 11.6 Å². The molecule has 0 unspecified atom stereocenters. The van der Waals surface area contributed by atoms with Crippen molar-refractivity contribution in [1.82, 2.24) is 14.9 Å². The van der Waals surface area contributed by atoms with Gasteiger partial charge in [-0.1, -0.05) is 0 Å². The summed E-state index contributed by atoms with van der Waals surface area (Å²) in [5, 5.41) is 10.7. The first-order valence-corrected chi connectivity index (χ1v) is 5.80. The summed E-state index contributed by atoms with van der Waals surface area (Å²) in [6.07, 6.45) is 0.976. The largest absolute Gasteiger partial charge is 0.463 e. The summed E-state index contributed by atoms with van der Waals surface area (Å²) in [5.41, 5.74) is -1.75. The van der Waals surface area contributed by atoms with Crippen LogP contribution in [0.2, 0.25) is 0 Å². The zero-order valence-electron chi connectivity index (χ0n) is 10.4. The summed E-state index contributed by atoms with van der Waals surface area (Å²) in [5.74, 6) is -0.815. The molecule has 1 N–H and O–H groups in total. The van der Waals surface area contributed by atoms with E-state index in [9.17, 15) is 19.7 Å². The molecule has 1 saturated heterocycles. The number of carbonyl (C=O) groups is 1. The quantitative estimate of drug-likeness (QED) is 0.549. The van der Waals surface area contributed by atoms with Gasteiger partial charge in [-0.25, -0.2) is 0 Å². The van der Waals surface area contributed by atoms with E-state index in [0.717, 1.165) is 6.33 Å². The smallest absolute Gasteiger partial charge is 0.395 e. The van der Waals surface area contributed by atoms with Gasteiger partial charge in [0.05, 0.1) is 24.5 Å². The molecule has 2 heterocycles. The van der Waals surface area contributed by atoms with Gasteiger partial charge in [0.15, 0.2) is 6.61 Å². The zero-order chi connectivity index (χ0) is 14.5. The number of ether oxygens (including phenoxy) is 2.